The smallest absolute Gasteiger partial charge is 0.291 e. The Hall–Kier alpha value is -3.73. The monoisotopic (exact) mass is 880 g/mol. The molecule has 0 aliphatic carbocycles. The van der Waals surface area contributed by atoms with E-state index >= 15 is 0 Å². The van der Waals surface area contributed by atoms with Gasteiger partial charge in [0.1, 0.15) is 24.2 Å². The van der Waals surface area contributed by atoms with E-state index in [4.69, 9.17) is 9.47 Å². The fourth-order valence-corrected chi connectivity index (χ4v) is 7.85. The molecule has 4 aliphatic heterocycles. The van der Waals surface area contributed by atoms with E-state index in [1.54, 1.807) is 20.8 Å². The van der Waals surface area contributed by atoms with Crippen molar-refractivity contribution in [1.29, 1.82) is 0 Å². The predicted molar refractivity (Wildman–Crippen MR) is 204 cm³/mol. The molecule has 20 nitrogen and oxygen atoms in total. The molecule has 4 aliphatic rings. The Labute approximate surface area is 355 Å². The fourth-order valence-electron chi connectivity index (χ4n) is 7.85. The molecule has 21 heteroatoms. The topological polar surface area (TPSA) is 267 Å². The summed E-state index contributed by atoms with van der Waals surface area (Å²) in [4.78, 5) is 110. The van der Waals surface area contributed by atoms with Gasteiger partial charge in [-0.05, 0) is 83.1 Å². The third kappa shape index (κ3) is 11.2. The number of imide groups is 1. The number of rotatable bonds is 7. The molecule has 0 aromatic carbocycles. The molecule has 0 bridgehead atoms. The van der Waals surface area contributed by atoms with E-state index in [-0.39, 0.29) is 54.9 Å². The van der Waals surface area contributed by atoms with Crippen LogP contribution in [0.3, 0.4) is 0 Å². The first-order valence-electron chi connectivity index (χ1n) is 20.2. The molecule has 0 spiro atoms. The van der Waals surface area contributed by atoms with Crippen molar-refractivity contribution in [1.82, 2.24) is 36.4 Å². The molecule has 7 amide bonds. The van der Waals surface area contributed by atoms with Crippen LogP contribution in [0.15, 0.2) is 0 Å². The summed E-state index contributed by atoms with van der Waals surface area (Å²) in [5, 5.41) is 34.3. The molecule has 0 saturated carbocycles. The van der Waals surface area contributed by atoms with Crippen LogP contribution in [0.4, 0.5) is 0 Å². The number of esters is 1. The summed E-state index contributed by atoms with van der Waals surface area (Å²) in [6.07, 6.45) is 0.107. The number of hydrogen-bond donors (Lipinski definition) is 6. The van der Waals surface area contributed by atoms with Gasteiger partial charge in [-0.1, -0.05) is 34.6 Å². The summed E-state index contributed by atoms with van der Waals surface area (Å²) in [6.45, 7) is 12.4. The van der Waals surface area contributed by atoms with Crippen molar-refractivity contribution in [2.75, 3.05) is 19.6 Å². The predicted octanol–water partition coefficient (Wildman–Crippen LogP) is -0.879. The largest absolute Gasteiger partial charge is 0.640 e. The number of fused-ring (bicyclic) bond motifs is 2. The molecule has 0 aromatic rings. The maximum atomic E-state index is 14.8. The second kappa shape index (κ2) is 20.7. The first kappa shape index (κ1) is 49.6. The van der Waals surface area contributed by atoms with E-state index in [0.29, 0.717) is 36.6 Å². The van der Waals surface area contributed by atoms with Crippen LogP contribution in [-0.2, 0) is 64.6 Å². The van der Waals surface area contributed by atoms with Crippen LogP contribution in [0.1, 0.15) is 100 Å². The van der Waals surface area contributed by atoms with Gasteiger partial charge < -0.3 is 40.4 Å². The van der Waals surface area contributed by atoms with Gasteiger partial charge in [0.05, 0.1) is 24.6 Å². The summed E-state index contributed by atoms with van der Waals surface area (Å²) in [5.41, 5.74) is 2.98. The first-order valence-corrected chi connectivity index (χ1v) is 20.2. The molecule has 335 valence electrons. The summed E-state index contributed by atoms with van der Waals surface area (Å²) in [7, 11) is 0. The van der Waals surface area contributed by atoms with Crippen LogP contribution < -0.4 is 21.5 Å². The van der Waals surface area contributed by atoms with Gasteiger partial charge in [0.25, 0.3) is 29.6 Å². The van der Waals surface area contributed by atoms with Crippen LogP contribution in [0.5, 0.6) is 0 Å². The Morgan fingerprint density at radius 3 is 2.17 bits per heavy atom. The van der Waals surface area contributed by atoms with Gasteiger partial charge in [0.2, 0.25) is 18.1 Å². The number of aliphatic hydroxyl groups is 2. The molecule has 4 fully saturated rings. The van der Waals surface area contributed by atoms with Crippen molar-refractivity contribution in [3.05, 3.63) is 5.32 Å². The number of nitrogens with one attached hydrogen (secondary N) is 4. The zero-order valence-corrected chi connectivity index (χ0v) is 36.1. The molecule has 59 heavy (non-hydrogen) atoms. The number of hydrazine groups is 2. The number of hydrogen-bond acceptors (Lipinski definition) is 14. The van der Waals surface area contributed by atoms with E-state index in [0.717, 1.165) is 23.4 Å². The van der Waals surface area contributed by atoms with Gasteiger partial charge >= 0.3 is 0 Å². The first-order chi connectivity index (χ1) is 27.1. The number of carbonyl (C=O) groups excluding carboxylic acids is 8. The molecular formula is C38H61CoN8O12-. The Balaban J connectivity index is 0.00000930. The molecule has 4 rings (SSSR count). The van der Waals surface area contributed by atoms with Crippen molar-refractivity contribution >= 4 is 47.8 Å². The number of cyclic esters (lactones) is 1. The number of amides is 7. The van der Waals surface area contributed by atoms with E-state index in [1.165, 1.54) is 13.8 Å². The Bertz CT molecular complexity index is 1580. The van der Waals surface area contributed by atoms with Gasteiger partial charge in [-0.15, -0.1) is 0 Å². The maximum absolute atomic E-state index is 14.8. The molecular weight excluding hydrogens is 819 g/mol. The van der Waals surface area contributed by atoms with Gasteiger partial charge in [0.15, 0.2) is 5.60 Å². The standard InChI is InChI=1S/C38H62N8O12.Co/c1-20(2)17-25-13-14-38(56,58-24(25)7)37(8,55)36(54)43-29-30(21(3)4)57-35(53)22(5)42-32(50)26-11-9-15-40-45(26)28(48)18-39-31(49)23(6)44(19-47)33(51)27-12-10-16-41-46(27)34(29)52;/h19-27,29-30,40-41,55-56H,9-18H2,1-8H3,(H3,39,42,43,49,50,54);/p-1. The summed E-state index contributed by atoms with van der Waals surface area (Å²) in [5.74, 6) is -9.56. The van der Waals surface area contributed by atoms with Crippen LogP contribution in [0.2, 0.25) is 0 Å². The maximum Gasteiger partial charge on any atom is 0.291 e. The van der Waals surface area contributed by atoms with E-state index in [2.05, 4.69) is 26.8 Å². The zero-order chi connectivity index (χ0) is 43.3. The van der Waals surface area contributed by atoms with Gasteiger partial charge in [-0.3, -0.25) is 48.5 Å². The average Bonchev–Trinajstić information content (AvgIpc) is 3.18. The van der Waals surface area contributed by atoms with Crippen LogP contribution in [0.25, 0.3) is 5.32 Å². The fraction of sp³-hybridized carbons (Fsp3) is 0.789. The minimum Gasteiger partial charge on any atom is -0.640 e. The minimum absolute atomic E-state index is 0. The Morgan fingerprint density at radius 2 is 1.59 bits per heavy atom. The Kier molecular flexibility index (Phi) is 17.4. The second-order valence-electron chi connectivity index (χ2n) is 16.7. The molecule has 6 N–H and O–H groups in total. The number of carbonyl (C=O) groups is 8. The molecule has 4 saturated heterocycles. The quantitative estimate of drug-likeness (QED) is 0.134. The van der Waals surface area contributed by atoms with E-state index in [9.17, 15) is 48.6 Å². The molecule has 4 heterocycles. The van der Waals surface area contributed by atoms with Gasteiger partial charge in [-0.25, -0.2) is 10.9 Å². The van der Waals surface area contributed by atoms with Crippen LogP contribution in [0, 0.1) is 17.8 Å². The third-order valence-corrected chi connectivity index (χ3v) is 11.5. The van der Waals surface area contributed by atoms with Crippen molar-refractivity contribution in [2.45, 2.75) is 154 Å². The molecule has 10 unspecified atom stereocenters. The second-order valence-corrected chi connectivity index (χ2v) is 16.7. The average molecular weight is 881 g/mol. The zero-order valence-electron chi connectivity index (χ0n) is 35.0. The number of ether oxygens (including phenoxy) is 2. The third-order valence-electron chi connectivity index (χ3n) is 11.5. The van der Waals surface area contributed by atoms with E-state index < -0.39 is 108 Å². The summed E-state index contributed by atoms with van der Waals surface area (Å²) < 4.78 is 11.8. The molecule has 1 radical (unpaired) electrons. The van der Waals surface area contributed by atoms with Crippen molar-refractivity contribution in [2.24, 2.45) is 17.8 Å². The van der Waals surface area contributed by atoms with Crippen LogP contribution >= 0.6 is 0 Å². The van der Waals surface area contributed by atoms with Crippen molar-refractivity contribution in [3.8, 4) is 0 Å². The summed E-state index contributed by atoms with van der Waals surface area (Å²) >= 11 is 0. The SMILES string of the molecule is CC(C)CC1CCC(O)(C(C)(O)C(=O)NC2C(=O)N3NCCCC3C(=O)N(C=O)C(C)C(=O)NCC(=O)N3NCCCC3C(=O)[N-]C(C)C(=O)OC2C(C)C)OC1C.[Co]. The van der Waals surface area contributed by atoms with Gasteiger partial charge in [0, 0.05) is 36.3 Å². The number of nitrogens with zero attached hydrogens (tertiary/aromatic N) is 4. The molecule has 0 aromatic heterocycles. The van der Waals surface area contributed by atoms with E-state index in [1.807, 2.05) is 13.8 Å². The summed E-state index contributed by atoms with van der Waals surface area (Å²) in [6, 6.07) is -7.37. The minimum atomic E-state index is -2.67. The van der Waals surface area contributed by atoms with Crippen molar-refractivity contribution < 1.29 is 74.8 Å². The van der Waals surface area contributed by atoms with Gasteiger partial charge in [-0.2, -0.15) is 0 Å². The molecule has 10 atom stereocenters. The normalized spacial score (nSPS) is 33.2. The Morgan fingerprint density at radius 1 is 0.983 bits per heavy atom. The van der Waals surface area contributed by atoms with Crippen LogP contribution in [-0.4, -0.2) is 146 Å². The van der Waals surface area contributed by atoms with Crippen molar-refractivity contribution in [3.63, 3.8) is 0 Å².